The van der Waals surface area contributed by atoms with Crippen LogP contribution in [0.4, 0.5) is 0 Å². The van der Waals surface area contributed by atoms with Crippen LogP contribution in [0.2, 0.25) is 0 Å². The highest BCUT2D eigenvalue weighted by molar-refractivity contribution is 5.76. The van der Waals surface area contributed by atoms with Crippen molar-refractivity contribution in [2.75, 3.05) is 0 Å². The van der Waals surface area contributed by atoms with Crippen molar-refractivity contribution >= 4 is 12.0 Å². The van der Waals surface area contributed by atoms with Crippen molar-refractivity contribution in [2.45, 2.75) is 12.0 Å². The van der Waals surface area contributed by atoms with Crippen molar-refractivity contribution < 1.29 is 15.0 Å². The van der Waals surface area contributed by atoms with Gasteiger partial charge in [-0.25, -0.2) is 0 Å². The lowest BCUT2D eigenvalue weighted by Gasteiger charge is -2.27. The van der Waals surface area contributed by atoms with Gasteiger partial charge >= 0.3 is 0 Å². The maximum absolute atomic E-state index is 10.8. The van der Waals surface area contributed by atoms with Crippen LogP contribution in [0.3, 0.4) is 0 Å². The Morgan fingerprint density at radius 2 is 2.07 bits per heavy atom. The lowest BCUT2D eigenvalue weighted by atomic mass is 9.83. The summed E-state index contributed by atoms with van der Waals surface area (Å²) in [5.74, 6) is 0.118. The number of fused-ring (bicyclic) bond motifs is 1. The third-order valence-corrected chi connectivity index (χ3v) is 2.47. The molecule has 1 aliphatic carbocycles. The lowest BCUT2D eigenvalue weighted by molar-refractivity contribution is -0.124. The van der Waals surface area contributed by atoms with Crippen LogP contribution in [-0.2, 0) is 10.4 Å². The van der Waals surface area contributed by atoms with Crippen LogP contribution in [-0.4, -0.2) is 16.5 Å². The quantitative estimate of drug-likeness (QED) is 0.657. The highest BCUT2D eigenvalue weighted by Gasteiger charge is 2.33. The summed E-state index contributed by atoms with van der Waals surface area (Å²) >= 11 is 0. The minimum atomic E-state index is -1.48. The number of carbonyl (C=O) groups excluding carboxylic acids is 1. The number of carbonyl (C=O) groups is 1. The summed E-state index contributed by atoms with van der Waals surface area (Å²) in [5, 5.41) is 19.4. The van der Waals surface area contributed by atoms with E-state index in [1.807, 2.05) is 0 Å². The zero-order valence-electron chi connectivity index (χ0n) is 7.47. The molecule has 0 aliphatic heterocycles. The Hall–Kier alpha value is -1.61. The second-order valence-electron chi connectivity index (χ2n) is 3.38. The summed E-state index contributed by atoms with van der Waals surface area (Å²) in [5.41, 5.74) is -0.494. The van der Waals surface area contributed by atoms with Gasteiger partial charge in [-0.1, -0.05) is 24.3 Å². The Balaban J connectivity index is 2.65. The van der Waals surface area contributed by atoms with E-state index >= 15 is 0 Å². The van der Waals surface area contributed by atoms with E-state index in [1.54, 1.807) is 24.3 Å². The monoisotopic (exact) mass is 190 g/mol. The summed E-state index contributed by atoms with van der Waals surface area (Å²) in [6, 6.07) is 6.80. The predicted octanol–water partition coefficient (Wildman–Crippen LogP) is 1.38. The molecule has 1 aliphatic rings. The first kappa shape index (κ1) is 8.97. The van der Waals surface area contributed by atoms with Gasteiger partial charge in [0.2, 0.25) is 0 Å². The average molecular weight is 190 g/mol. The standard InChI is InChI=1S/C11H10O3/c12-7-11(14)6-5-10(13)8-3-1-2-4-9(8)11/h1-5,7,13-14H,6H2. The number of aldehydes is 1. The number of aliphatic hydroxyl groups excluding tert-OH is 1. The highest BCUT2D eigenvalue weighted by Crippen LogP contribution is 2.34. The van der Waals surface area contributed by atoms with E-state index in [4.69, 9.17) is 0 Å². The number of hydrogen-bond donors (Lipinski definition) is 2. The van der Waals surface area contributed by atoms with Crippen LogP contribution < -0.4 is 0 Å². The predicted molar refractivity (Wildman–Crippen MR) is 51.6 cm³/mol. The molecule has 0 saturated heterocycles. The van der Waals surface area contributed by atoms with Gasteiger partial charge in [0.1, 0.15) is 11.4 Å². The van der Waals surface area contributed by atoms with Crippen molar-refractivity contribution in [1.29, 1.82) is 0 Å². The van der Waals surface area contributed by atoms with Crippen LogP contribution in [0.5, 0.6) is 0 Å². The van der Waals surface area contributed by atoms with Crippen LogP contribution in [0.1, 0.15) is 17.5 Å². The molecule has 0 fully saturated rings. The number of benzene rings is 1. The maximum Gasteiger partial charge on any atom is 0.156 e. The summed E-state index contributed by atoms with van der Waals surface area (Å²) in [6.07, 6.45) is 2.09. The molecule has 2 N–H and O–H groups in total. The second kappa shape index (κ2) is 2.96. The van der Waals surface area contributed by atoms with Gasteiger partial charge in [-0.3, -0.25) is 4.79 Å². The van der Waals surface area contributed by atoms with E-state index in [1.165, 1.54) is 6.08 Å². The molecule has 0 bridgehead atoms. The number of hydrogen-bond acceptors (Lipinski definition) is 3. The van der Waals surface area contributed by atoms with Gasteiger partial charge in [-0.15, -0.1) is 0 Å². The van der Waals surface area contributed by atoms with E-state index in [-0.39, 0.29) is 12.2 Å². The maximum atomic E-state index is 10.8. The Kier molecular flexibility index (Phi) is 1.89. The van der Waals surface area contributed by atoms with E-state index in [9.17, 15) is 15.0 Å². The molecule has 0 radical (unpaired) electrons. The van der Waals surface area contributed by atoms with Gasteiger partial charge < -0.3 is 10.2 Å². The largest absolute Gasteiger partial charge is 0.508 e. The molecular weight excluding hydrogens is 180 g/mol. The van der Waals surface area contributed by atoms with Gasteiger partial charge in [-0.05, 0) is 6.08 Å². The lowest BCUT2D eigenvalue weighted by Crippen LogP contribution is -2.30. The molecule has 2 rings (SSSR count). The van der Waals surface area contributed by atoms with Crippen molar-refractivity contribution in [3.8, 4) is 0 Å². The molecule has 0 spiro atoms. The first-order valence-electron chi connectivity index (χ1n) is 4.35. The second-order valence-corrected chi connectivity index (χ2v) is 3.38. The third kappa shape index (κ3) is 1.14. The summed E-state index contributed by atoms with van der Waals surface area (Å²) in [4.78, 5) is 10.8. The van der Waals surface area contributed by atoms with Crippen LogP contribution in [0.25, 0.3) is 5.76 Å². The molecule has 0 amide bonds. The van der Waals surface area contributed by atoms with Gasteiger partial charge in [0, 0.05) is 17.5 Å². The molecule has 3 heteroatoms. The highest BCUT2D eigenvalue weighted by atomic mass is 16.3. The molecule has 1 aromatic carbocycles. The zero-order chi connectivity index (χ0) is 10.2. The molecule has 0 saturated carbocycles. The Morgan fingerprint density at radius 3 is 2.79 bits per heavy atom. The van der Waals surface area contributed by atoms with Crippen LogP contribution in [0, 0.1) is 0 Å². The summed E-state index contributed by atoms with van der Waals surface area (Å²) in [7, 11) is 0. The minimum Gasteiger partial charge on any atom is -0.508 e. The molecule has 72 valence electrons. The molecular formula is C11H10O3. The SMILES string of the molecule is O=CC1(O)CC=C(O)c2ccccc21. The van der Waals surface area contributed by atoms with Crippen molar-refractivity contribution in [3.63, 3.8) is 0 Å². The van der Waals surface area contributed by atoms with Crippen molar-refractivity contribution in [1.82, 2.24) is 0 Å². The summed E-state index contributed by atoms with van der Waals surface area (Å²) in [6.45, 7) is 0. The fourth-order valence-corrected chi connectivity index (χ4v) is 1.67. The zero-order valence-corrected chi connectivity index (χ0v) is 7.47. The molecule has 1 atom stereocenters. The van der Waals surface area contributed by atoms with Crippen LogP contribution >= 0.6 is 0 Å². The van der Waals surface area contributed by atoms with Gasteiger partial charge in [0.05, 0.1) is 0 Å². The normalized spacial score (nSPS) is 25.1. The minimum absolute atomic E-state index is 0.118. The summed E-state index contributed by atoms with van der Waals surface area (Å²) < 4.78 is 0. The van der Waals surface area contributed by atoms with E-state index in [0.717, 1.165) is 0 Å². The molecule has 3 nitrogen and oxygen atoms in total. The average Bonchev–Trinajstić information content (AvgIpc) is 2.24. The Morgan fingerprint density at radius 1 is 1.36 bits per heavy atom. The molecule has 0 heterocycles. The Labute approximate surface area is 81.3 Å². The molecule has 1 aromatic rings. The Bertz CT molecular complexity index is 409. The topological polar surface area (TPSA) is 57.5 Å². The van der Waals surface area contributed by atoms with Gasteiger partial charge in [-0.2, -0.15) is 0 Å². The smallest absolute Gasteiger partial charge is 0.156 e. The van der Waals surface area contributed by atoms with E-state index in [2.05, 4.69) is 0 Å². The molecule has 14 heavy (non-hydrogen) atoms. The third-order valence-electron chi connectivity index (χ3n) is 2.47. The fraction of sp³-hybridized carbons (Fsp3) is 0.182. The molecule has 1 unspecified atom stereocenters. The first-order valence-corrected chi connectivity index (χ1v) is 4.35. The fourth-order valence-electron chi connectivity index (χ4n) is 1.67. The number of aliphatic hydroxyl groups is 2. The van der Waals surface area contributed by atoms with E-state index < -0.39 is 5.60 Å². The van der Waals surface area contributed by atoms with E-state index in [0.29, 0.717) is 17.4 Å². The first-order chi connectivity index (χ1) is 6.67. The number of rotatable bonds is 1. The van der Waals surface area contributed by atoms with Crippen molar-refractivity contribution in [2.24, 2.45) is 0 Å². The van der Waals surface area contributed by atoms with Crippen molar-refractivity contribution in [3.05, 3.63) is 41.5 Å². The molecule has 0 aromatic heterocycles. The van der Waals surface area contributed by atoms with Crippen LogP contribution in [0.15, 0.2) is 30.3 Å². The van der Waals surface area contributed by atoms with Gasteiger partial charge in [0.15, 0.2) is 6.29 Å². The van der Waals surface area contributed by atoms with Gasteiger partial charge in [0.25, 0.3) is 0 Å².